The third-order valence-corrected chi connectivity index (χ3v) is 9.19. The molecule has 8 nitrogen and oxygen atoms in total. The molecule has 2 aliphatic rings. The molecule has 0 radical (unpaired) electrons. The Morgan fingerprint density at radius 2 is 1.93 bits per heavy atom. The van der Waals surface area contributed by atoms with E-state index in [1.165, 1.54) is 28.0 Å². The molecule has 1 amide bonds. The summed E-state index contributed by atoms with van der Waals surface area (Å²) >= 11 is 2.75. The van der Waals surface area contributed by atoms with Gasteiger partial charge in [0.25, 0.3) is 5.78 Å². The Morgan fingerprint density at radius 3 is 2.74 bits per heavy atom. The van der Waals surface area contributed by atoms with E-state index in [1.54, 1.807) is 18.2 Å². The van der Waals surface area contributed by atoms with E-state index in [2.05, 4.69) is 10.2 Å². The van der Waals surface area contributed by atoms with Crippen LogP contribution < -0.4 is 14.4 Å². The molecule has 3 heterocycles. The quantitative estimate of drug-likeness (QED) is 0.0758. The number of Topliss-reactive ketones (excluding diaryl/α,β-unsaturated/α-hetero) is 1. The van der Waals surface area contributed by atoms with Gasteiger partial charge in [-0.3, -0.25) is 14.5 Å². The second kappa shape index (κ2) is 12.0. The van der Waals surface area contributed by atoms with Crippen molar-refractivity contribution in [1.82, 2.24) is 10.2 Å². The Kier molecular flexibility index (Phi) is 7.99. The molecule has 1 saturated heterocycles. The van der Waals surface area contributed by atoms with Gasteiger partial charge in [0.15, 0.2) is 4.34 Å². The molecule has 0 bridgehead atoms. The predicted octanol–water partition coefficient (Wildman–Crippen LogP) is 6.57. The van der Waals surface area contributed by atoms with Gasteiger partial charge in [-0.25, -0.2) is 0 Å². The van der Waals surface area contributed by atoms with Gasteiger partial charge in [-0.2, -0.15) is 0 Å². The van der Waals surface area contributed by atoms with Crippen LogP contribution in [0.2, 0.25) is 0 Å². The second-order valence-electron chi connectivity index (χ2n) is 10.2. The molecule has 1 fully saturated rings. The van der Waals surface area contributed by atoms with E-state index in [1.807, 2.05) is 68.4 Å². The molecule has 2 unspecified atom stereocenters. The minimum absolute atomic E-state index is 0.00626. The van der Waals surface area contributed by atoms with Crippen LogP contribution >= 0.6 is 23.1 Å². The van der Waals surface area contributed by atoms with Gasteiger partial charge in [0, 0.05) is 17.7 Å². The third kappa shape index (κ3) is 5.52. The van der Waals surface area contributed by atoms with Gasteiger partial charge in [-0.15, -0.1) is 10.2 Å². The predicted molar refractivity (Wildman–Crippen MR) is 163 cm³/mol. The number of aliphatic hydroxyl groups is 1. The Morgan fingerprint density at radius 1 is 1.10 bits per heavy atom. The van der Waals surface area contributed by atoms with Crippen molar-refractivity contribution < 1.29 is 24.2 Å². The van der Waals surface area contributed by atoms with Crippen LogP contribution in [-0.4, -0.2) is 39.7 Å². The Hall–Kier alpha value is -4.15. The zero-order chi connectivity index (χ0) is 29.2. The average Bonchev–Trinajstić information content (AvgIpc) is 3.70. The molecule has 10 heteroatoms. The third-order valence-electron chi connectivity index (χ3n) is 7.07. The average molecular weight is 600 g/mol. The first-order valence-corrected chi connectivity index (χ1v) is 15.6. The smallest absolute Gasteiger partial charge is 0.301 e. The van der Waals surface area contributed by atoms with Crippen molar-refractivity contribution in [3.8, 4) is 11.5 Å². The molecule has 6 rings (SSSR count). The molecule has 3 aromatic carbocycles. The molecule has 0 aliphatic carbocycles. The van der Waals surface area contributed by atoms with Gasteiger partial charge >= 0.3 is 5.91 Å². The molecule has 0 saturated carbocycles. The number of benzene rings is 3. The van der Waals surface area contributed by atoms with Crippen LogP contribution in [0.4, 0.5) is 5.13 Å². The molecule has 214 valence electrons. The van der Waals surface area contributed by atoms with Gasteiger partial charge in [0.2, 0.25) is 5.13 Å². The van der Waals surface area contributed by atoms with Crippen LogP contribution in [0.5, 0.6) is 11.5 Å². The Labute approximate surface area is 252 Å². The van der Waals surface area contributed by atoms with E-state index >= 15 is 0 Å². The minimum atomic E-state index is -0.918. The number of hydrogen-bond donors (Lipinski definition) is 1. The fourth-order valence-corrected chi connectivity index (χ4v) is 6.97. The first-order chi connectivity index (χ1) is 20.4. The number of fused-ring (bicyclic) bond motifs is 1. The van der Waals surface area contributed by atoms with Crippen LogP contribution in [-0.2, 0) is 21.8 Å². The first kappa shape index (κ1) is 28.0. The standard InChI is InChI=1S/C32H29N3O5S2/c1-3-14-39-24-11-7-10-21(17-24)27-26(28(36)22-12-13-25-23(16-22)15-19(2)40-25)29(37)30(38)35(27)31-33-34-32(42-31)41-18-20-8-5-4-6-9-20/h4-13,16-17,19,27,36H,3,14-15,18H2,1-2H3. The molecule has 1 aromatic heterocycles. The molecule has 42 heavy (non-hydrogen) atoms. The lowest BCUT2D eigenvalue weighted by atomic mass is 9.94. The van der Waals surface area contributed by atoms with Gasteiger partial charge in [0.1, 0.15) is 23.4 Å². The SMILES string of the molecule is CCCOc1cccc(C2C(=C(O)c3ccc4c(c3)CC(C)O4)C(=O)C(=O)N2c2nnc(SCc3ccccc3)s2)c1. The zero-order valence-corrected chi connectivity index (χ0v) is 24.8. The Balaban J connectivity index is 1.40. The summed E-state index contributed by atoms with van der Waals surface area (Å²) in [6.07, 6.45) is 1.55. The second-order valence-corrected chi connectivity index (χ2v) is 12.3. The topological polar surface area (TPSA) is 102 Å². The summed E-state index contributed by atoms with van der Waals surface area (Å²) in [6, 6.07) is 21.7. The van der Waals surface area contributed by atoms with E-state index in [-0.39, 0.29) is 22.6 Å². The lowest BCUT2D eigenvalue weighted by Gasteiger charge is -2.23. The van der Waals surface area contributed by atoms with Crippen molar-refractivity contribution in [3.63, 3.8) is 0 Å². The maximum absolute atomic E-state index is 13.6. The van der Waals surface area contributed by atoms with E-state index in [0.717, 1.165) is 23.3 Å². The number of thioether (sulfide) groups is 1. The highest BCUT2D eigenvalue weighted by molar-refractivity contribution is 8.00. The van der Waals surface area contributed by atoms with Crippen molar-refractivity contribution in [2.24, 2.45) is 0 Å². The van der Waals surface area contributed by atoms with Crippen molar-refractivity contribution in [3.05, 3.63) is 101 Å². The van der Waals surface area contributed by atoms with Crippen LogP contribution in [0.3, 0.4) is 0 Å². The van der Waals surface area contributed by atoms with Gasteiger partial charge in [-0.1, -0.05) is 72.5 Å². The maximum atomic E-state index is 13.6. The molecule has 2 aliphatic heterocycles. The summed E-state index contributed by atoms with van der Waals surface area (Å²) in [5, 5.41) is 20.5. The highest BCUT2D eigenvalue weighted by Crippen LogP contribution is 2.45. The van der Waals surface area contributed by atoms with Crippen molar-refractivity contribution in [2.75, 3.05) is 11.5 Å². The number of ketones is 1. The van der Waals surface area contributed by atoms with Crippen LogP contribution in [0.25, 0.3) is 5.76 Å². The number of rotatable bonds is 9. The number of aliphatic hydroxyl groups excluding tert-OH is 1. The highest BCUT2D eigenvalue weighted by Gasteiger charge is 2.48. The lowest BCUT2D eigenvalue weighted by molar-refractivity contribution is -0.132. The lowest BCUT2D eigenvalue weighted by Crippen LogP contribution is -2.29. The number of amides is 1. The van der Waals surface area contributed by atoms with Crippen molar-refractivity contribution >= 4 is 45.7 Å². The maximum Gasteiger partial charge on any atom is 0.301 e. The highest BCUT2D eigenvalue weighted by atomic mass is 32.2. The largest absolute Gasteiger partial charge is 0.507 e. The van der Waals surface area contributed by atoms with Gasteiger partial charge < -0.3 is 14.6 Å². The molecule has 2 atom stereocenters. The number of carbonyl (C=O) groups excluding carboxylic acids is 2. The van der Waals surface area contributed by atoms with Gasteiger partial charge in [0.05, 0.1) is 18.2 Å². The fraction of sp³-hybridized carbons (Fsp3) is 0.250. The molecular weight excluding hydrogens is 571 g/mol. The van der Waals surface area contributed by atoms with Gasteiger partial charge in [-0.05, 0) is 60.4 Å². The number of nitrogens with zero attached hydrogens (tertiary/aromatic N) is 3. The summed E-state index contributed by atoms with van der Waals surface area (Å²) in [7, 11) is 0. The summed E-state index contributed by atoms with van der Waals surface area (Å²) < 4.78 is 12.3. The summed E-state index contributed by atoms with van der Waals surface area (Å²) in [4.78, 5) is 28.6. The van der Waals surface area contributed by atoms with E-state index in [4.69, 9.17) is 9.47 Å². The van der Waals surface area contributed by atoms with Crippen molar-refractivity contribution in [1.29, 1.82) is 0 Å². The molecule has 0 spiro atoms. The van der Waals surface area contributed by atoms with Crippen LogP contribution in [0.15, 0.2) is 82.7 Å². The van der Waals surface area contributed by atoms with E-state index in [0.29, 0.717) is 40.0 Å². The van der Waals surface area contributed by atoms with Crippen LogP contribution in [0.1, 0.15) is 48.6 Å². The zero-order valence-electron chi connectivity index (χ0n) is 23.1. The first-order valence-electron chi connectivity index (χ1n) is 13.8. The number of carbonyl (C=O) groups is 2. The minimum Gasteiger partial charge on any atom is -0.507 e. The van der Waals surface area contributed by atoms with Crippen LogP contribution in [0, 0.1) is 0 Å². The molecular formula is C32H29N3O5S2. The summed E-state index contributed by atoms with van der Waals surface area (Å²) in [5.74, 6) is 0.263. The number of anilines is 1. The number of ether oxygens (including phenoxy) is 2. The van der Waals surface area contributed by atoms with Crippen molar-refractivity contribution in [2.45, 2.75) is 48.9 Å². The Bertz CT molecular complexity index is 1670. The number of hydrogen-bond acceptors (Lipinski definition) is 9. The normalized spacial score (nSPS) is 19.1. The molecule has 1 N–H and O–H groups in total. The van der Waals surface area contributed by atoms with E-state index in [9.17, 15) is 14.7 Å². The molecule has 4 aromatic rings. The van der Waals surface area contributed by atoms with E-state index < -0.39 is 17.7 Å². The fourth-order valence-electron chi connectivity index (χ4n) is 5.14. The monoisotopic (exact) mass is 599 g/mol. The summed E-state index contributed by atoms with van der Waals surface area (Å²) in [5.41, 5.74) is 3.14. The summed E-state index contributed by atoms with van der Waals surface area (Å²) in [6.45, 7) is 4.52. The number of aromatic nitrogens is 2.